The molecule has 4 rings (SSSR count). The third kappa shape index (κ3) is 3.46. The van der Waals surface area contributed by atoms with Crippen LogP contribution in [0.15, 0.2) is 42.5 Å². The number of rotatable bonds is 3. The number of carbonyl (C=O) groups excluding carboxylic acids is 1. The summed E-state index contributed by atoms with van der Waals surface area (Å²) in [7, 11) is 0. The molecule has 0 unspecified atom stereocenters. The van der Waals surface area contributed by atoms with Gasteiger partial charge in [-0.1, -0.05) is 29.0 Å². The molecular weight excluding hydrogens is 380 g/mol. The van der Waals surface area contributed by atoms with E-state index in [1.807, 2.05) is 13.0 Å². The molecule has 4 aromatic rings. The quantitative estimate of drug-likeness (QED) is 0.510. The molecule has 136 valence electrons. The Hall–Kier alpha value is -2.70. The molecule has 2 aromatic heterocycles. The maximum absolute atomic E-state index is 12.6. The van der Waals surface area contributed by atoms with Gasteiger partial charge in [0.05, 0.1) is 15.9 Å². The first kappa shape index (κ1) is 17.7. The fourth-order valence-electron chi connectivity index (χ4n) is 2.81. The van der Waals surface area contributed by atoms with Crippen molar-refractivity contribution in [2.24, 2.45) is 0 Å². The molecule has 7 heteroatoms. The standard InChI is InChI=1S/C20H17ClN4OS/c1-11-7-16-17(8-12(11)2)27-20(22-16)25-18(9-13(3)24-25)23-19(26)14-5-4-6-15(21)10-14/h4-10H,1-3H3,(H,23,26). The number of hydrogen-bond acceptors (Lipinski definition) is 4. The van der Waals surface area contributed by atoms with Crippen molar-refractivity contribution in [3.8, 4) is 5.13 Å². The molecular formula is C20H17ClN4OS. The van der Waals surface area contributed by atoms with Gasteiger partial charge in [0.15, 0.2) is 0 Å². The molecule has 2 aromatic carbocycles. The van der Waals surface area contributed by atoms with Gasteiger partial charge in [0.2, 0.25) is 5.13 Å². The van der Waals surface area contributed by atoms with Crippen LogP contribution in [0.5, 0.6) is 0 Å². The average Bonchev–Trinajstić information content (AvgIpc) is 3.18. The number of aromatic nitrogens is 3. The number of carbonyl (C=O) groups is 1. The van der Waals surface area contributed by atoms with Gasteiger partial charge in [-0.05, 0) is 62.2 Å². The number of anilines is 1. The lowest BCUT2D eigenvalue weighted by molar-refractivity contribution is 0.102. The predicted molar refractivity (Wildman–Crippen MR) is 110 cm³/mol. The van der Waals surface area contributed by atoms with Gasteiger partial charge in [0.25, 0.3) is 5.91 Å². The highest BCUT2D eigenvalue weighted by Gasteiger charge is 2.16. The zero-order chi connectivity index (χ0) is 19.1. The van der Waals surface area contributed by atoms with Crippen molar-refractivity contribution >= 4 is 44.9 Å². The number of hydrogen-bond donors (Lipinski definition) is 1. The normalized spacial score (nSPS) is 11.1. The van der Waals surface area contributed by atoms with Gasteiger partial charge in [0.1, 0.15) is 5.82 Å². The monoisotopic (exact) mass is 396 g/mol. The summed E-state index contributed by atoms with van der Waals surface area (Å²) in [5.74, 6) is 0.330. The number of benzene rings is 2. The molecule has 0 atom stereocenters. The topological polar surface area (TPSA) is 59.8 Å². The number of fused-ring (bicyclic) bond motifs is 1. The van der Waals surface area contributed by atoms with Crippen molar-refractivity contribution in [2.45, 2.75) is 20.8 Å². The smallest absolute Gasteiger partial charge is 0.256 e. The molecule has 0 bridgehead atoms. The maximum Gasteiger partial charge on any atom is 0.256 e. The highest BCUT2D eigenvalue weighted by Crippen LogP contribution is 2.29. The molecule has 0 aliphatic rings. The lowest BCUT2D eigenvalue weighted by Gasteiger charge is -2.06. The van der Waals surface area contributed by atoms with Gasteiger partial charge in [-0.3, -0.25) is 4.79 Å². The number of amides is 1. The largest absolute Gasteiger partial charge is 0.306 e. The van der Waals surface area contributed by atoms with E-state index in [0.29, 0.717) is 21.5 Å². The third-order valence-electron chi connectivity index (χ3n) is 4.33. The van der Waals surface area contributed by atoms with Crippen molar-refractivity contribution in [1.29, 1.82) is 0 Å². The van der Waals surface area contributed by atoms with Crippen molar-refractivity contribution in [3.05, 3.63) is 69.9 Å². The Bertz CT molecular complexity index is 1140. The summed E-state index contributed by atoms with van der Waals surface area (Å²) < 4.78 is 2.76. The van der Waals surface area contributed by atoms with Crippen molar-refractivity contribution in [1.82, 2.24) is 14.8 Å². The second kappa shape index (κ2) is 6.79. The number of nitrogens with zero attached hydrogens (tertiary/aromatic N) is 3. The molecule has 0 radical (unpaired) electrons. The van der Waals surface area contributed by atoms with Gasteiger partial charge in [-0.2, -0.15) is 9.78 Å². The predicted octanol–water partition coefficient (Wildman–Crippen LogP) is 5.31. The molecule has 27 heavy (non-hydrogen) atoms. The van der Waals surface area contributed by atoms with Crippen LogP contribution in [0.4, 0.5) is 5.82 Å². The Kier molecular flexibility index (Phi) is 4.45. The Balaban J connectivity index is 1.72. The van der Waals surface area contributed by atoms with Crippen LogP contribution in [-0.4, -0.2) is 20.7 Å². The van der Waals surface area contributed by atoms with Gasteiger partial charge in [-0.25, -0.2) is 4.98 Å². The minimum Gasteiger partial charge on any atom is -0.306 e. The van der Waals surface area contributed by atoms with Gasteiger partial charge in [0, 0.05) is 16.7 Å². The summed E-state index contributed by atoms with van der Waals surface area (Å²) in [6.45, 7) is 6.04. The number of thiazole rings is 1. The van der Waals surface area contributed by atoms with Crippen LogP contribution in [0.1, 0.15) is 27.2 Å². The fraction of sp³-hybridized carbons (Fsp3) is 0.150. The highest BCUT2D eigenvalue weighted by atomic mass is 35.5. The zero-order valence-electron chi connectivity index (χ0n) is 15.1. The van der Waals surface area contributed by atoms with Crippen molar-refractivity contribution < 1.29 is 4.79 Å². The van der Waals surface area contributed by atoms with E-state index in [0.717, 1.165) is 15.9 Å². The summed E-state index contributed by atoms with van der Waals surface area (Å²) in [5, 5.41) is 8.65. The molecule has 5 nitrogen and oxygen atoms in total. The highest BCUT2D eigenvalue weighted by molar-refractivity contribution is 7.20. The number of nitrogens with one attached hydrogen (secondary N) is 1. The summed E-state index contributed by atoms with van der Waals surface area (Å²) in [6, 6.07) is 12.9. The van der Waals surface area contributed by atoms with Crippen molar-refractivity contribution in [3.63, 3.8) is 0 Å². The second-order valence-corrected chi connectivity index (χ2v) is 7.89. The molecule has 0 spiro atoms. The SMILES string of the molecule is Cc1cc(NC(=O)c2cccc(Cl)c2)n(-c2nc3cc(C)c(C)cc3s2)n1. The Morgan fingerprint density at radius 3 is 2.67 bits per heavy atom. The maximum atomic E-state index is 12.6. The van der Waals surface area contributed by atoms with Crippen LogP contribution in [0.3, 0.4) is 0 Å². The van der Waals surface area contributed by atoms with Gasteiger partial charge in [-0.15, -0.1) is 0 Å². The summed E-state index contributed by atoms with van der Waals surface area (Å²) in [4.78, 5) is 17.3. The fourth-order valence-corrected chi connectivity index (χ4v) is 4.01. The van der Waals surface area contributed by atoms with E-state index in [-0.39, 0.29) is 5.91 Å². The Morgan fingerprint density at radius 1 is 1.11 bits per heavy atom. The number of aryl methyl sites for hydroxylation is 3. The molecule has 1 N–H and O–H groups in total. The first-order valence-corrected chi connectivity index (χ1v) is 9.62. The lowest BCUT2D eigenvalue weighted by Crippen LogP contribution is -2.15. The Labute approximate surface area is 165 Å². The third-order valence-corrected chi connectivity index (χ3v) is 5.56. The summed E-state index contributed by atoms with van der Waals surface area (Å²) in [5.41, 5.74) is 4.64. The Morgan fingerprint density at radius 2 is 1.89 bits per heavy atom. The van der Waals surface area contributed by atoms with E-state index in [1.165, 1.54) is 11.1 Å². The van der Waals surface area contributed by atoms with Crippen LogP contribution in [0.25, 0.3) is 15.3 Å². The van der Waals surface area contributed by atoms with E-state index in [1.54, 1.807) is 40.3 Å². The van der Waals surface area contributed by atoms with E-state index >= 15 is 0 Å². The lowest BCUT2D eigenvalue weighted by atomic mass is 10.1. The first-order valence-electron chi connectivity index (χ1n) is 8.42. The molecule has 0 fully saturated rings. The second-order valence-electron chi connectivity index (χ2n) is 6.45. The number of halogens is 1. The molecule has 0 saturated carbocycles. The molecule has 0 saturated heterocycles. The summed E-state index contributed by atoms with van der Waals surface area (Å²) in [6.07, 6.45) is 0. The van der Waals surface area contributed by atoms with Crippen LogP contribution in [0, 0.1) is 20.8 Å². The van der Waals surface area contributed by atoms with E-state index in [2.05, 4.69) is 36.4 Å². The first-order chi connectivity index (χ1) is 12.9. The van der Waals surface area contributed by atoms with Gasteiger partial charge >= 0.3 is 0 Å². The average molecular weight is 397 g/mol. The van der Waals surface area contributed by atoms with Crippen molar-refractivity contribution in [2.75, 3.05) is 5.32 Å². The zero-order valence-corrected chi connectivity index (χ0v) is 16.6. The van der Waals surface area contributed by atoms with E-state index < -0.39 is 0 Å². The molecule has 2 heterocycles. The van der Waals surface area contributed by atoms with Gasteiger partial charge < -0.3 is 5.32 Å². The van der Waals surface area contributed by atoms with Crippen LogP contribution in [-0.2, 0) is 0 Å². The molecule has 1 amide bonds. The molecule has 0 aliphatic carbocycles. The molecule has 0 aliphatic heterocycles. The van der Waals surface area contributed by atoms with E-state index in [4.69, 9.17) is 16.6 Å². The van der Waals surface area contributed by atoms with Crippen LogP contribution >= 0.6 is 22.9 Å². The van der Waals surface area contributed by atoms with Crippen LogP contribution in [0.2, 0.25) is 5.02 Å². The summed E-state index contributed by atoms with van der Waals surface area (Å²) >= 11 is 7.53. The van der Waals surface area contributed by atoms with Crippen LogP contribution < -0.4 is 5.32 Å². The van der Waals surface area contributed by atoms with E-state index in [9.17, 15) is 4.79 Å². The minimum atomic E-state index is -0.244. The minimum absolute atomic E-state index is 0.244.